The summed E-state index contributed by atoms with van der Waals surface area (Å²) in [6.45, 7) is 5.09. The SMILES string of the molecule is N=C(NO)N1CC2(CC(N3CCC(c4cc(F)ccc4OC4COC4)CC3)CO2)C1. The van der Waals surface area contributed by atoms with Crippen LogP contribution in [0.1, 0.15) is 30.7 Å². The Bertz CT molecular complexity index is 791. The van der Waals surface area contributed by atoms with Crippen LogP contribution in [0.15, 0.2) is 18.2 Å². The summed E-state index contributed by atoms with van der Waals surface area (Å²) in [4.78, 5) is 4.26. The quantitative estimate of drug-likeness (QED) is 0.387. The molecule has 164 valence electrons. The standard InChI is InChI=1S/C21H29FN4O4/c22-15-1-2-19(30-17-10-28-11-17)18(7-15)14-3-5-25(6-4-14)16-8-21(29-9-16)12-26(13-21)20(23)24-27/h1-2,7,14,16-17,27H,3-6,8-13H2,(H2,23,24). The van der Waals surface area contributed by atoms with Crippen LogP contribution in [0.3, 0.4) is 0 Å². The van der Waals surface area contributed by atoms with Crippen molar-refractivity contribution < 1.29 is 23.8 Å². The van der Waals surface area contributed by atoms with Gasteiger partial charge in [0.15, 0.2) is 0 Å². The Balaban J connectivity index is 1.17. The molecule has 4 aliphatic rings. The van der Waals surface area contributed by atoms with Crippen molar-refractivity contribution in [2.24, 2.45) is 0 Å². The summed E-state index contributed by atoms with van der Waals surface area (Å²) in [6.07, 6.45) is 2.96. The minimum Gasteiger partial charge on any atom is -0.485 e. The maximum absolute atomic E-state index is 14.0. The molecule has 30 heavy (non-hydrogen) atoms. The highest BCUT2D eigenvalue weighted by Crippen LogP contribution is 2.40. The number of hydroxylamine groups is 1. The van der Waals surface area contributed by atoms with Crippen LogP contribution in [0, 0.1) is 11.2 Å². The first-order valence-corrected chi connectivity index (χ1v) is 10.7. The van der Waals surface area contributed by atoms with Crippen molar-refractivity contribution in [1.29, 1.82) is 5.41 Å². The van der Waals surface area contributed by atoms with Crippen molar-refractivity contribution in [2.45, 2.75) is 42.9 Å². The summed E-state index contributed by atoms with van der Waals surface area (Å²) in [5.41, 5.74) is 2.68. The highest BCUT2D eigenvalue weighted by atomic mass is 19.1. The second-order valence-corrected chi connectivity index (χ2v) is 8.94. The number of benzene rings is 1. The molecule has 4 fully saturated rings. The second kappa shape index (κ2) is 7.96. The van der Waals surface area contributed by atoms with Crippen molar-refractivity contribution in [3.63, 3.8) is 0 Å². The average Bonchev–Trinajstić information content (AvgIpc) is 3.16. The van der Waals surface area contributed by atoms with Gasteiger partial charge in [0.25, 0.3) is 0 Å². The Labute approximate surface area is 175 Å². The molecular weight excluding hydrogens is 391 g/mol. The largest absolute Gasteiger partial charge is 0.485 e. The van der Waals surface area contributed by atoms with Crippen LogP contribution in [-0.4, -0.2) is 84.7 Å². The number of hydrogen-bond donors (Lipinski definition) is 3. The molecule has 0 amide bonds. The summed E-state index contributed by atoms with van der Waals surface area (Å²) >= 11 is 0. The average molecular weight is 420 g/mol. The first-order valence-electron chi connectivity index (χ1n) is 10.7. The molecule has 0 saturated carbocycles. The lowest BCUT2D eigenvalue weighted by Gasteiger charge is -2.48. The molecule has 0 aliphatic carbocycles. The van der Waals surface area contributed by atoms with E-state index in [9.17, 15) is 4.39 Å². The highest BCUT2D eigenvalue weighted by molar-refractivity contribution is 5.76. The van der Waals surface area contributed by atoms with Crippen molar-refractivity contribution in [3.8, 4) is 5.75 Å². The van der Waals surface area contributed by atoms with E-state index in [2.05, 4.69) is 4.90 Å². The van der Waals surface area contributed by atoms with Crippen LogP contribution in [0.5, 0.6) is 5.75 Å². The molecule has 1 atom stereocenters. The molecule has 1 aromatic rings. The van der Waals surface area contributed by atoms with Crippen LogP contribution in [-0.2, 0) is 9.47 Å². The van der Waals surface area contributed by atoms with Gasteiger partial charge in [-0.05, 0) is 56.5 Å². The lowest BCUT2D eigenvalue weighted by molar-refractivity contribution is -0.0870. The second-order valence-electron chi connectivity index (χ2n) is 8.94. The number of likely N-dealkylation sites (tertiary alicyclic amines) is 2. The predicted molar refractivity (Wildman–Crippen MR) is 106 cm³/mol. The third kappa shape index (κ3) is 3.75. The van der Waals surface area contributed by atoms with Gasteiger partial charge in [0, 0.05) is 11.6 Å². The van der Waals surface area contributed by atoms with Gasteiger partial charge in [0.2, 0.25) is 5.96 Å². The lowest BCUT2D eigenvalue weighted by Crippen LogP contribution is -2.65. The molecule has 1 unspecified atom stereocenters. The van der Waals surface area contributed by atoms with E-state index in [-0.39, 0.29) is 23.5 Å². The van der Waals surface area contributed by atoms with E-state index in [4.69, 9.17) is 24.8 Å². The zero-order valence-electron chi connectivity index (χ0n) is 17.0. The van der Waals surface area contributed by atoms with Gasteiger partial charge in [-0.1, -0.05) is 0 Å². The fraction of sp³-hybridized carbons (Fsp3) is 0.667. The van der Waals surface area contributed by atoms with E-state index in [0.717, 1.165) is 43.7 Å². The Morgan fingerprint density at radius 3 is 2.67 bits per heavy atom. The normalized spacial score (nSPS) is 27.0. The number of ether oxygens (including phenoxy) is 3. The summed E-state index contributed by atoms with van der Waals surface area (Å²) in [5.74, 6) is 0.892. The molecule has 0 bridgehead atoms. The van der Waals surface area contributed by atoms with Crippen molar-refractivity contribution in [3.05, 3.63) is 29.6 Å². The molecule has 1 aromatic carbocycles. The Morgan fingerprint density at radius 2 is 2.00 bits per heavy atom. The molecule has 0 radical (unpaired) electrons. The third-order valence-corrected chi connectivity index (χ3v) is 6.93. The van der Waals surface area contributed by atoms with Crippen molar-refractivity contribution in [1.82, 2.24) is 15.3 Å². The van der Waals surface area contributed by atoms with Gasteiger partial charge in [-0.2, -0.15) is 0 Å². The molecule has 3 N–H and O–H groups in total. The smallest absolute Gasteiger partial charge is 0.215 e. The number of rotatable bonds is 4. The van der Waals surface area contributed by atoms with Crippen LogP contribution < -0.4 is 10.2 Å². The molecule has 1 spiro atoms. The molecule has 4 saturated heterocycles. The van der Waals surface area contributed by atoms with Crippen molar-refractivity contribution >= 4 is 5.96 Å². The van der Waals surface area contributed by atoms with Gasteiger partial charge in [-0.15, -0.1) is 0 Å². The topological polar surface area (TPSA) is 90.3 Å². The van der Waals surface area contributed by atoms with E-state index in [0.29, 0.717) is 44.9 Å². The van der Waals surface area contributed by atoms with E-state index in [1.54, 1.807) is 17.0 Å². The van der Waals surface area contributed by atoms with E-state index < -0.39 is 0 Å². The van der Waals surface area contributed by atoms with Crippen LogP contribution in [0.2, 0.25) is 0 Å². The van der Waals surface area contributed by atoms with Crippen LogP contribution >= 0.6 is 0 Å². The minimum absolute atomic E-state index is 0.0232. The molecule has 4 heterocycles. The minimum atomic E-state index is -0.215. The fourth-order valence-corrected chi connectivity index (χ4v) is 5.14. The third-order valence-electron chi connectivity index (χ3n) is 6.93. The van der Waals surface area contributed by atoms with Gasteiger partial charge in [0.05, 0.1) is 32.9 Å². The highest BCUT2D eigenvalue weighted by Gasteiger charge is 2.51. The van der Waals surface area contributed by atoms with Gasteiger partial charge in [-0.25, -0.2) is 9.87 Å². The summed E-state index contributed by atoms with van der Waals surface area (Å²) in [7, 11) is 0. The van der Waals surface area contributed by atoms with E-state index >= 15 is 0 Å². The van der Waals surface area contributed by atoms with E-state index in [1.165, 1.54) is 6.07 Å². The fourth-order valence-electron chi connectivity index (χ4n) is 5.14. The number of nitrogens with one attached hydrogen (secondary N) is 2. The molecule has 5 rings (SSSR count). The Kier molecular flexibility index (Phi) is 5.30. The number of guanidine groups is 1. The summed E-state index contributed by atoms with van der Waals surface area (Å²) in [6, 6.07) is 5.23. The predicted octanol–water partition coefficient (Wildman–Crippen LogP) is 1.54. The van der Waals surface area contributed by atoms with Gasteiger partial charge in [-0.3, -0.25) is 15.5 Å². The molecule has 8 nitrogen and oxygen atoms in total. The van der Waals surface area contributed by atoms with Crippen molar-refractivity contribution in [2.75, 3.05) is 46.0 Å². The van der Waals surface area contributed by atoms with Crippen LogP contribution in [0.25, 0.3) is 0 Å². The number of piperidine rings is 1. The van der Waals surface area contributed by atoms with Gasteiger partial charge < -0.3 is 19.1 Å². The first kappa shape index (κ1) is 20.0. The Morgan fingerprint density at radius 1 is 1.23 bits per heavy atom. The number of nitrogens with zero attached hydrogens (tertiary/aromatic N) is 2. The first-order chi connectivity index (χ1) is 14.5. The molecule has 4 aliphatic heterocycles. The van der Waals surface area contributed by atoms with Crippen LogP contribution in [0.4, 0.5) is 4.39 Å². The maximum atomic E-state index is 14.0. The lowest BCUT2D eigenvalue weighted by atomic mass is 9.86. The van der Waals surface area contributed by atoms with Gasteiger partial charge >= 0.3 is 0 Å². The zero-order valence-corrected chi connectivity index (χ0v) is 17.0. The summed E-state index contributed by atoms with van der Waals surface area (Å²) < 4.78 is 31.3. The van der Waals surface area contributed by atoms with E-state index in [1.807, 2.05) is 5.48 Å². The maximum Gasteiger partial charge on any atom is 0.215 e. The monoisotopic (exact) mass is 420 g/mol. The molecule has 9 heteroatoms. The van der Waals surface area contributed by atoms with Gasteiger partial charge in [0.1, 0.15) is 23.3 Å². The molecule has 0 aromatic heterocycles. The summed E-state index contributed by atoms with van der Waals surface area (Å²) in [5, 5.41) is 16.5. The zero-order chi connectivity index (χ0) is 20.7. The Hall–Kier alpha value is -1.94. The number of hydrogen-bond acceptors (Lipinski definition) is 6. The number of halogens is 1. The molecular formula is C21H29FN4O4.